The van der Waals surface area contributed by atoms with Gasteiger partial charge < -0.3 is 30.6 Å². The summed E-state index contributed by atoms with van der Waals surface area (Å²) < 4.78 is 37.0. The van der Waals surface area contributed by atoms with Crippen molar-refractivity contribution in [2.75, 3.05) is 23.7 Å². The van der Waals surface area contributed by atoms with Crippen LogP contribution < -0.4 is 26.0 Å². The molecule has 4 heterocycles. The predicted octanol–water partition coefficient (Wildman–Crippen LogP) is 4.91. The Morgan fingerprint density at radius 1 is 0.805 bits per heavy atom. The second kappa shape index (κ2) is 10.3. The average molecular weight is 558 g/mol. The number of fused-ring (bicyclic) bond motifs is 5. The van der Waals surface area contributed by atoms with Gasteiger partial charge in [-0.05, 0) is 87.3 Å². The largest absolute Gasteiger partial charge is 0.465 e. The summed E-state index contributed by atoms with van der Waals surface area (Å²) in [6.45, 7) is 1.64. The summed E-state index contributed by atoms with van der Waals surface area (Å²) in [5, 5.41) is 13.2. The van der Waals surface area contributed by atoms with E-state index < -0.39 is 17.9 Å². The van der Waals surface area contributed by atoms with Gasteiger partial charge in [0.2, 0.25) is 18.0 Å². The maximum absolute atomic E-state index is 14.3. The van der Waals surface area contributed by atoms with Gasteiger partial charge in [0.05, 0.1) is 23.3 Å². The van der Waals surface area contributed by atoms with Crippen LogP contribution in [0.5, 0.6) is 5.75 Å². The van der Waals surface area contributed by atoms with E-state index in [0.29, 0.717) is 22.7 Å². The molecule has 1 unspecified atom stereocenters. The summed E-state index contributed by atoms with van der Waals surface area (Å²) in [5.74, 6) is -1.12. The average Bonchev–Trinajstić information content (AvgIpc) is 3.73. The van der Waals surface area contributed by atoms with Gasteiger partial charge >= 0.3 is 0 Å². The number of hydrogen-bond acceptors (Lipinski definition) is 5. The van der Waals surface area contributed by atoms with E-state index in [4.69, 9.17) is 4.74 Å². The number of anilines is 2. The smallest absolute Gasteiger partial charge is 0.241 e. The molecule has 2 fully saturated rings. The van der Waals surface area contributed by atoms with Gasteiger partial charge in [-0.15, -0.1) is 0 Å². The van der Waals surface area contributed by atoms with Crippen LogP contribution in [0.15, 0.2) is 60.7 Å². The summed E-state index contributed by atoms with van der Waals surface area (Å²) in [6.07, 6.45) is 2.62. The number of benzene rings is 3. The van der Waals surface area contributed by atoms with Gasteiger partial charge in [-0.25, -0.2) is 8.78 Å². The lowest BCUT2D eigenvalue weighted by molar-refractivity contribution is -0.118. The molecule has 0 spiro atoms. The van der Waals surface area contributed by atoms with E-state index >= 15 is 0 Å². The van der Waals surface area contributed by atoms with Gasteiger partial charge in [0, 0.05) is 40.0 Å². The molecule has 7 rings (SSSR count). The molecule has 1 aromatic heterocycles. The number of nitrogens with zero attached hydrogens (tertiary/aromatic N) is 1. The van der Waals surface area contributed by atoms with Gasteiger partial charge in [-0.1, -0.05) is 0 Å². The molecule has 0 bridgehead atoms. The lowest BCUT2D eigenvalue weighted by Gasteiger charge is -2.30. The van der Waals surface area contributed by atoms with E-state index in [9.17, 15) is 18.4 Å². The Balaban J connectivity index is 1.28. The van der Waals surface area contributed by atoms with Crippen LogP contribution in [-0.2, 0) is 9.59 Å². The minimum atomic E-state index is -0.870. The fourth-order valence-electron chi connectivity index (χ4n) is 6.07. The van der Waals surface area contributed by atoms with Crippen LogP contribution in [0.1, 0.15) is 37.5 Å². The number of amides is 2. The lowest BCUT2D eigenvalue weighted by Crippen LogP contribution is -2.35. The SMILES string of the molecule is O=C(Nc1ccc2c(c1)OC(c1cc(F)cc(F)c1)n1c-2cc2cc(NC(=O)[C@@H]3CCCN3)ccc21)[C@@H]1CCCN1. The highest BCUT2D eigenvalue weighted by atomic mass is 19.1. The quantitative estimate of drug-likeness (QED) is 0.280. The minimum Gasteiger partial charge on any atom is -0.465 e. The highest BCUT2D eigenvalue weighted by Crippen LogP contribution is 2.45. The number of nitrogens with one attached hydrogen (secondary N) is 4. The molecule has 10 heteroatoms. The maximum atomic E-state index is 14.3. The standard InChI is InChI=1S/C31H29F2N5O3/c32-19-11-18(12-20(33)15-19)31-38-26-8-6-21(36-29(39)24-3-1-9-34-24)13-17(26)14-27(38)23-7-5-22(16-28(23)41-31)37-30(40)25-4-2-10-35-25/h5-8,11-16,24-25,31,34-35H,1-4,9-10H2,(H,36,39)(H,37,40)/t24-,25-,31?/m0/s1. The third kappa shape index (κ3) is 4.83. The lowest BCUT2D eigenvalue weighted by atomic mass is 10.1. The van der Waals surface area contributed by atoms with Crippen molar-refractivity contribution in [2.45, 2.75) is 44.0 Å². The van der Waals surface area contributed by atoms with Crippen LogP contribution in [0.2, 0.25) is 0 Å². The van der Waals surface area contributed by atoms with Gasteiger partial charge in [0.1, 0.15) is 17.4 Å². The molecule has 4 N–H and O–H groups in total. The molecule has 3 atom stereocenters. The Hall–Kier alpha value is -4.28. The number of aromatic nitrogens is 1. The van der Waals surface area contributed by atoms with Gasteiger partial charge in [0.25, 0.3) is 0 Å². The summed E-state index contributed by atoms with van der Waals surface area (Å²) in [4.78, 5) is 25.4. The number of ether oxygens (including phenoxy) is 1. The number of rotatable bonds is 5. The summed E-state index contributed by atoms with van der Waals surface area (Å²) in [5.41, 5.74) is 3.87. The molecule has 2 amide bonds. The number of halogens is 2. The van der Waals surface area contributed by atoms with Crippen LogP contribution in [0.4, 0.5) is 20.2 Å². The minimum absolute atomic E-state index is 0.0741. The molecule has 210 valence electrons. The van der Waals surface area contributed by atoms with Crippen molar-refractivity contribution in [1.82, 2.24) is 15.2 Å². The first-order valence-corrected chi connectivity index (χ1v) is 13.9. The molecule has 3 aromatic carbocycles. The van der Waals surface area contributed by atoms with Crippen molar-refractivity contribution in [1.29, 1.82) is 0 Å². The Morgan fingerprint density at radius 2 is 1.44 bits per heavy atom. The fraction of sp³-hybridized carbons (Fsp3) is 0.290. The fourth-order valence-corrected chi connectivity index (χ4v) is 6.07. The number of carbonyl (C=O) groups excluding carboxylic acids is 2. The zero-order chi connectivity index (χ0) is 28.1. The summed E-state index contributed by atoms with van der Waals surface area (Å²) in [6, 6.07) is 15.9. The van der Waals surface area contributed by atoms with Crippen LogP contribution in [0, 0.1) is 11.6 Å². The number of hydrogen-bond donors (Lipinski definition) is 4. The second-order valence-corrected chi connectivity index (χ2v) is 10.8. The van der Waals surface area contributed by atoms with Crippen molar-refractivity contribution in [2.24, 2.45) is 0 Å². The third-order valence-electron chi connectivity index (χ3n) is 8.03. The van der Waals surface area contributed by atoms with Crippen molar-refractivity contribution < 1.29 is 23.1 Å². The van der Waals surface area contributed by atoms with Gasteiger partial charge in [-0.3, -0.25) is 9.59 Å². The molecule has 41 heavy (non-hydrogen) atoms. The van der Waals surface area contributed by atoms with Crippen molar-refractivity contribution in [3.63, 3.8) is 0 Å². The second-order valence-electron chi connectivity index (χ2n) is 10.8. The first-order chi connectivity index (χ1) is 19.9. The highest BCUT2D eigenvalue weighted by Gasteiger charge is 2.31. The first-order valence-electron chi connectivity index (χ1n) is 13.9. The molecular weight excluding hydrogens is 528 g/mol. The normalized spacial score (nSPS) is 21.3. The van der Waals surface area contributed by atoms with Crippen LogP contribution in [0.3, 0.4) is 0 Å². The molecule has 0 aliphatic carbocycles. The maximum Gasteiger partial charge on any atom is 0.241 e. The van der Waals surface area contributed by atoms with Crippen molar-refractivity contribution >= 4 is 34.1 Å². The Bertz CT molecular complexity index is 1650. The zero-order valence-electron chi connectivity index (χ0n) is 22.2. The van der Waals surface area contributed by atoms with Crippen LogP contribution >= 0.6 is 0 Å². The molecule has 3 aliphatic heterocycles. The van der Waals surface area contributed by atoms with E-state index in [-0.39, 0.29) is 23.9 Å². The van der Waals surface area contributed by atoms with E-state index in [1.165, 1.54) is 12.1 Å². The van der Waals surface area contributed by atoms with Gasteiger partial charge in [-0.2, -0.15) is 0 Å². The molecular formula is C31H29F2N5O3. The van der Waals surface area contributed by atoms with E-state index in [2.05, 4.69) is 21.3 Å². The molecule has 3 aliphatic rings. The third-order valence-corrected chi connectivity index (χ3v) is 8.03. The molecule has 0 radical (unpaired) electrons. The zero-order valence-corrected chi connectivity index (χ0v) is 22.2. The first kappa shape index (κ1) is 25.7. The van der Waals surface area contributed by atoms with Crippen LogP contribution in [-0.4, -0.2) is 41.6 Å². The summed E-state index contributed by atoms with van der Waals surface area (Å²) >= 11 is 0. The molecule has 2 saturated heterocycles. The van der Waals surface area contributed by atoms with Gasteiger partial charge in [0.15, 0.2) is 0 Å². The van der Waals surface area contributed by atoms with Crippen LogP contribution in [0.25, 0.3) is 22.2 Å². The van der Waals surface area contributed by atoms with E-state index in [1.54, 1.807) is 6.07 Å². The van der Waals surface area contributed by atoms with Crippen molar-refractivity contribution in [3.05, 3.63) is 77.9 Å². The molecule has 4 aromatic rings. The molecule has 0 saturated carbocycles. The predicted molar refractivity (Wildman–Crippen MR) is 152 cm³/mol. The van der Waals surface area contributed by atoms with Crippen molar-refractivity contribution in [3.8, 4) is 17.0 Å². The monoisotopic (exact) mass is 557 g/mol. The van der Waals surface area contributed by atoms with E-state index in [1.807, 2.05) is 41.0 Å². The molecule has 8 nitrogen and oxygen atoms in total. The Kier molecular flexibility index (Phi) is 6.44. The topological polar surface area (TPSA) is 96.4 Å². The van der Waals surface area contributed by atoms with E-state index in [0.717, 1.165) is 67.0 Å². The number of carbonyl (C=O) groups is 2. The highest BCUT2D eigenvalue weighted by molar-refractivity contribution is 5.99. The Morgan fingerprint density at radius 3 is 2.07 bits per heavy atom. The Labute approximate surface area is 235 Å². The summed E-state index contributed by atoms with van der Waals surface area (Å²) in [7, 11) is 0.